The molecule has 1 aromatic rings. The fourth-order valence-electron chi connectivity index (χ4n) is 4.28. The van der Waals surface area contributed by atoms with E-state index in [9.17, 15) is 18.0 Å². The van der Waals surface area contributed by atoms with E-state index in [2.05, 4.69) is 16.7 Å². The number of sulfonamides is 1. The molecule has 170 valence electrons. The number of allylic oxidation sites excluding steroid dienone is 1. The number of hydrogen-bond donors (Lipinski definition) is 2. The Morgan fingerprint density at radius 2 is 1.87 bits per heavy atom. The van der Waals surface area contributed by atoms with Gasteiger partial charge in [-0.3, -0.25) is 9.59 Å². The van der Waals surface area contributed by atoms with Crippen molar-refractivity contribution in [1.82, 2.24) is 14.9 Å². The van der Waals surface area contributed by atoms with Gasteiger partial charge in [-0.1, -0.05) is 23.8 Å². The van der Waals surface area contributed by atoms with Gasteiger partial charge in [-0.15, -0.1) is 0 Å². The Balaban J connectivity index is 1.53. The first-order valence-corrected chi connectivity index (χ1v) is 12.6. The van der Waals surface area contributed by atoms with Crippen LogP contribution in [0.5, 0.6) is 0 Å². The molecule has 1 fully saturated rings. The van der Waals surface area contributed by atoms with Crippen molar-refractivity contribution in [3.8, 4) is 0 Å². The SMILES string of the molecule is Cc1ccc(C)c(S(=O)(=O)N2CCCC2CNC(=O)C(=O)NCCC2=CCCCC2)c1. The highest BCUT2D eigenvalue weighted by Crippen LogP contribution is 2.28. The average molecular weight is 448 g/mol. The van der Waals surface area contributed by atoms with Crippen LogP contribution in [0.2, 0.25) is 0 Å². The third kappa shape index (κ3) is 5.95. The van der Waals surface area contributed by atoms with E-state index in [4.69, 9.17) is 0 Å². The molecule has 1 heterocycles. The molecule has 0 saturated carbocycles. The second-order valence-corrected chi connectivity index (χ2v) is 10.4. The van der Waals surface area contributed by atoms with E-state index >= 15 is 0 Å². The molecule has 2 amide bonds. The molecule has 0 bridgehead atoms. The van der Waals surface area contributed by atoms with Gasteiger partial charge in [0.2, 0.25) is 10.0 Å². The normalized spacial score (nSPS) is 19.7. The van der Waals surface area contributed by atoms with E-state index in [0.29, 0.717) is 30.0 Å². The minimum absolute atomic E-state index is 0.126. The summed E-state index contributed by atoms with van der Waals surface area (Å²) in [6.45, 7) is 4.63. The van der Waals surface area contributed by atoms with Crippen molar-refractivity contribution in [1.29, 1.82) is 0 Å². The highest BCUT2D eigenvalue weighted by Gasteiger charge is 2.36. The Morgan fingerprint density at radius 3 is 2.61 bits per heavy atom. The molecule has 2 N–H and O–H groups in total. The van der Waals surface area contributed by atoms with Crippen molar-refractivity contribution >= 4 is 21.8 Å². The van der Waals surface area contributed by atoms with Crippen LogP contribution in [0.3, 0.4) is 0 Å². The van der Waals surface area contributed by atoms with Crippen molar-refractivity contribution in [2.75, 3.05) is 19.6 Å². The van der Waals surface area contributed by atoms with Crippen LogP contribution >= 0.6 is 0 Å². The van der Waals surface area contributed by atoms with E-state index in [1.807, 2.05) is 19.1 Å². The predicted octanol–water partition coefficient (Wildman–Crippen LogP) is 2.58. The van der Waals surface area contributed by atoms with Crippen LogP contribution in [0.15, 0.2) is 34.7 Å². The maximum absolute atomic E-state index is 13.2. The maximum atomic E-state index is 13.2. The Labute approximate surface area is 185 Å². The highest BCUT2D eigenvalue weighted by atomic mass is 32.2. The Hall–Kier alpha value is -2.19. The maximum Gasteiger partial charge on any atom is 0.309 e. The molecule has 1 aliphatic carbocycles. The molecular formula is C23H33N3O4S. The quantitative estimate of drug-likeness (QED) is 0.496. The minimum Gasteiger partial charge on any atom is -0.348 e. The first-order valence-electron chi connectivity index (χ1n) is 11.1. The third-order valence-corrected chi connectivity index (χ3v) is 8.17. The number of hydrogen-bond acceptors (Lipinski definition) is 4. The molecule has 1 saturated heterocycles. The van der Waals surface area contributed by atoms with Gasteiger partial charge < -0.3 is 10.6 Å². The molecule has 0 spiro atoms. The topological polar surface area (TPSA) is 95.6 Å². The Kier molecular flexibility index (Phi) is 7.89. The third-order valence-electron chi connectivity index (χ3n) is 6.07. The van der Waals surface area contributed by atoms with Crippen molar-refractivity contribution < 1.29 is 18.0 Å². The van der Waals surface area contributed by atoms with Crippen molar-refractivity contribution in [3.63, 3.8) is 0 Å². The zero-order chi connectivity index (χ0) is 22.4. The second-order valence-electron chi connectivity index (χ2n) is 8.50. The Morgan fingerprint density at radius 1 is 1.10 bits per heavy atom. The van der Waals surface area contributed by atoms with Gasteiger partial charge in [-0.2, -0.15) is 4.31 Å². The van der Waals surface area contributed by atoms with E-state index < -0.39 is 21.8 Å². The predicted molar refractivity (Wildman–Crippen MR) is 120 cm³/mol. The van der Waals surface area contributed by atoms with Gasteiger partial charge in [-0.05, 0) is 76.0 Å². The molecule has 3 rings (SSSR count). The largest absolute Gasteiger partial charge is 0.348 e. The van der Waals surface area contributed by atoms with Gasteiger partial charge in [0.15, 0.2) is 0 Å². The van der Waals surface area contributed by atoms with Crippen LogP contribution in [0.25, 0.3) is 0 Å². The average Bonchev–Trinajstić information content (AvgIpc) is 3.24. The summed E-state index contributed by atoms with van der Waals surface area (Å²) in [6.07, 6.45) is 8.93. The number of carbonyl (C=O) groups is 2. The summed E-state index contributed by atoms with van der Waals surface area (Å²) in [6, 6.07) is 5.03. The number of benzene rings is 1. The summed E-state index contributed by atoms with van der Waals surface area (Å²) in [7, 11) is -3.66. The summed E-state index contributed by atoms with van der Waals surface area (Å²) in [5.41, 5.74) is 2.92. The lowest BCUT2D eigenvalue weighted by Crippen LogP contribution is -2.47. The van der Waals surface area contributed by atoms with Crippen LogP contribution in [0, 0.1) is 13.8 Å². The van der Waals surface area contributed by atoms with Crippen LogP contribution < -0.4 is 10.6 Å². The van der Waals surface area contributed by atoms with Gasteiger partial charge in [0.25, 0.3) is 0 Å². The number of rotatable bonds is 7. The second kappa shape index (κ2) is 10.4. The van der Waals surface area contributed by atoms with Crippen LogP contribution in [-0.2, 0) is 19.6 Å². The molecule has 1 unspecified atom stereocenters. The molecule has 1 atom stereocenters. The molecule has 7 nitrogen and oxygen atoms in total. The van der Waals surface area contributed by atoms with Crippen molar-refractivity contribution in [2.24, 2.45) is 0 Å². The van der Waals surface area contributed by atoms with E-state index in [1.54, 1.807) is 13.0 Å². The zero-order valence-electron chi connectivity index (χ0n) is 18.4. The molecule has 0 radical (unpaired) electrons. The molecule has 8 heteroatoms. The highest BCUT2D eigenvalue weighted by molar-refractivity contribution is 7.89. The lowest BCUT2D eigenvalue weighted by molar-refractivity contribution is -0.139. The van der Waals surface area contributed by atoms with Crippen molar-refractivity contribution in [2.45, 2.75) is 69.7 Å². The summed E-state index contributed by atoms with van der Waals surface area (Å²) >= 11 is 0. The van der Waals surface area contributed by atoms with E-state index in [0.717, 1.165) is 31.2 Å². The van der Waals surface area contributed by atoms with Crippen LogP contribution in [-0.4, -0.2) is 50.2 Å². The van der Waals surface area contributed by atoms with E-state index in [1.165, 1.54) is 22.7 Å². The zero-order valence-corrected chi connectivity index (χ0v) is 19.3. The lowest BCUT2D eigenvalue weighted by Gasteiger charge is -2.25. The molecule has 2 aliphatic rings. The fraction of sp³-hybridized carbons (Fsp3) is 0.565. The standard InChI is InChI=1S/C23H33N3O4S/c1-17-10-11-18(2)21(15-17)31(29,30)26-14-6-9-20(26)16-25-23(28)22(27)24-13-12-19-7-4-3-5-8-19/h7,10-11,15,20H,3-6,8-9,12-14,16H2,1-2H3,(H,24,27)(H,25,28). The van der Waals surface area contributed by atoms with Gasteiger partial charge in [0.05, 0.1) is 4.90 Å². The van der Waals surface area contributed by atoms with Crippen LogP contribution in [0.4, 0.5) is 0 Å². The smallest absolute Gasteiger partial charge is 0.309 e. The number of amides is 2. The number of nitrogens with zero attached hydrogens (tertiary/aromatic N) is 1. The fourth-order valence-corrected chi connectivity index (χ4v) is 6.28. The monoisotopic (exact) mass is 447 g/mol. The summed E-state index contributed by atoms with van der Waals surface area (Å²) < 4.78 is 27.9. The molecule has 1 aliphatic heterocycles. The number of carbonyl (C=O) groups excluding carboxylic acids is 2. The molecular weight excluding hydrogens is 414 g/mol. The van der Waals surface area contributed by atoms with Gasteiger partial charge in [0, 0.05) is 25.7 Å². The summed E-state index contributed by atoms with van der Waals surface area (Å²) in [5, 5.41) is 5.28. The van der Waals surface area contributed by atoms with Crippen molar-refractivity contribution in [3.05, 3.63) is 41.0 Å². The summed E-state index contributed by atoms with van der Waals surface area (Å²) in [4.78, 5) is 24.6. The number of aryl methyl sites for hydroxylation is 2. The Bertz CT molecular complexity index is 956. The minimum atomic E-state index is -3.66. The first-order chi connectivity index (χ1) is 14.8. The lowest BCUT2D eigenvalue weighted by atomic mass is 9.97. The molecule has 1 aromatic carbocycles. The molecule has 0 aromatic heterocycles. The van der Waals surface area contributed by atoms with E-state index in [-0.39, 0.29) is 12.6 Å². The molecule has 31 heavy (non-hydrogen) atoms. The van der Waals surface area contributed by atoms with Crippen LogP contribution in [0.1, 0.15) is 56.1 Å². The number of nitrogens with one attached hydrogen (secondary N) is 2. The first kappa shape index (κ1) is 23.5. The summed E-state index contributed by atoms with van der Waals surface area (Å²) in [5.74, 6) is -1.38. The van der Waals surface area contributed by atoms with Gasteiger partial charge in [-0.25, -0.2) is 8.42 Å². The van der Waals surface area contributed by atoms with Gasteiger partial charge >= 0.3 is 11.8 Å². The van der Waals surface area contributed by atoms with Gasteiger partial charge in [0.1, 0.15) is 0 Å².